The van der Waals surface area contributed by atoms with Crippen LogP contribution in [-0.4, -0.2) is 14.5 Å². The van der Waals surface area contributed by atoms with Gasteiger partial charge in [0.25, 0.3) is 0 Å². The first-order chi connectivity index (χ1) is 7.77. The van der Waals surface area contributed by atoms with E-state index in [2.05, 4.69) is 20.9 Å². The number of hydrogen-bond donors (Lipinski definition) is 1. The Morgan fingerprint density at radius 3 is 2.81 bits per heavy atom. The Hall–Kier alpha value is -1.03. The molecule has 0 spiro atoms. The van der Waals surface area contributed by atoms with Gasteiger partial charge < -0.3 is 5.11 Å². The summed E-state index contributed by atoms with van der Waals surface area (Å²) in [6.07, 6.45) is 4.90. The van der Waals surface area contributed by atoms with Crippen molar-refractivity contribution >= 4 is 21.4 Å². The average Bonchev–Trinajstić information content (AvgIpc) is 2.87. The summed E-state index contributed by atoms with van der Waals surface area (Å²) in [7, 11) is 0. The van der Waals surface area contributed by atoms with Crippen LogP contribution in [0.2, 0.25) is 0 Å². The van der Waals surface area contributed by atoms with Gasteiger partial charge in [-0.05, 0) is 40.9 Å². The minimum Gasteiger partial charge on any atom is -0.494 e. The van der Waals surface area contributed by atoms with Crippen LogP contribution in [0.5, 0.6) is 5.88 Å². The number of halogens is 1. The van der Waals surface area contributed by atoms with Crippen LogP contribution in [0.15, 0.2) is 22.8 Å². The third kappa shape index (κ3) is 1.44. The SMILES string of the molecule is Oc1cccc2c(Br)nc(C3CCCC3)n12. The zero-order valence-electron chi connectivity index (χ0n) is 8.86. The van der Waals surface area contributed by atoms with E-state index in [1.807, 2.05) is 16.5 Å². The molecule has 0 saturated heterocycles. The number of imidazole rings is 1. The highest BCUT2D eigenvalue weighted by atomic mass is 79.9. The summed E-state index contributed by atoms with van der Waals surface area (Å²) in [5.74, 6) is 1.77. The highest BCUT2D eigenvalue weighted by molar-refractivity contribution is 9.10. The Kier molecular flexibility index (Phi) is 2.39. The lowest BCUT2D eigenvalue weighted by atomic mass is 10.1. The van der Waals surface area contributed by atoms with Crippen LogP contribution in [0.3, 0.4) is 0 Å². The number of aromatic nitrogens is 2. The van der Waals surface area contributed by atoms with Crippen molar-refractivity contribution in [3.05, 3.63) is 28.6 Å². The zero-order valence-corrected chi connectivity index (χ0v) is 10.4. The van der Waals surface area contributed by atoms with Gasteiger partial charge in [-0.1, -0.05) is 18.9 Å². The van der Waals surface area contributed by atoms with Gasteiger partial charge in [-0.2, -0.15) is 0 Å². The van der Waals surface area contributed by atoms with Crippen molar-refractivity contribution in [2.24, 2.45) is 0 Å². The van der Waals surface area contributed by atoms with Gasteiger partial charge >= 0.3 is 0 Å². The molecule has 0 bridgehead atoms. The molecule has 3 rings (SSSR count). The monoisotopic (exact) mass is 280 g/mol. The summed E-state index contributed by atoms with van der Waals surface area (Å²) in [5, 5.41) is 9.93. The number of nitrogens with zero attached hydrogens (tertiary/aromatic N) is 2. The Morgan fingerprint density at radius 2 is 2.06 bits per heavy atom. The van der Waals surface area contributed by atoms with Crippen LogP contribution in [-0.2, 0) is 0 Å². The molecule has 2 aromatic rings. The van der Waals surface area contributed by atoms with Crippen LogP contribution in [0, 0.1) is 0 Å². The van der Waals surface area contributed by atoms with Crippen molar-refractivity contribution in [2.45, 2.75) is 31.6 Å². The molecule has 0 amide bonds. The van der Waals surface area contributed by atoms with E-state index in [0.29, 0.717) is 5.92 Å². The smallest absolute Gasteiger partial charge is 0.197 e. The molecule has 0 unspecified atom stereocenters. The molecule has 16 heavy (non-hydrogen) atoms. The van der Waals surface area contributed by atoms with Gasteiger partial charge in [0.15, 0.2) is 5.88 Å². The van der Waals surface area contributed by atoms with Gasteiger partial charge in [0, 0.05) is 5.92 Å². The van der Waals surface area contributed by atoms with Gasteiger partial charge in [-0.25, -0.2) is 4.98 Å². The van der Waals surface area contributed by atoms with Crippen molar-refractivity contribution < 1.29 is 5.11 Å². The highest BCUT2D eigenvalue weighted by Gasteiger charge is 2.23. The molecule has 0 aliphatic heterocycles. The first-order valence-electron chi connectivity index (χ1n) is 5.63. The maximum Gasteiger partial charge on any atom is 0.197 e. The lowest BCUT2D eigenvalue weighted by Crippen LogP contribution is -2.00. The summed E-state index contributed by atoms with van der Waals surface area (Å²) in [5.41, 5.74) is 0.946. The van der Waals surface area contributed by atoms with E-state index >= 15 is 0 Å². The third-order valence-corrected chi connectivity index (χ3v) is 3.93. The van der Waals surface area contributed by atoms with Gasteiger partial charge in [0.2, 0.25) is 0 Å². The quantitative estimate of drug-likeness (QED) is 0.869. The molecule has 1 saturated carbocycles. The lowest BCUT2D eigenvalue weighted by molar-refractivity contribution is 0.439. The van der Waals surface area contributed by atoms with Crippen LogP contribution < -0.4 is 0 Å². The predicted octanol–water partition coefficient (Wildman–Crippen LogP) is 3.46. The first kappa shape index (κ1) is 10.1. The molecule has 84 valence electrons. The minimum atomic E-state index is 0.276. The Morgan fingerprint density at radius 1 is 1.31 bits per heavy atom. The maximum absolute atomic E-state index is 9.93. The van der Waals surface area contributed by atoms with Gasteiger partial charge in [-0.15, -0.1) is 0 Å². The van der Waals surface area contributed by atoms with Crippen molar-refractivity contribution in [3.63, 3.8) is 0 Å². The summed E-state index contributed by atoms with van der Waals surface area (Å²) in [6, 6.07) is 5.52. The second-order valence-electron chi connectivity index (χ2n) is 4.35. The molecule has 1 aliphatic carbocycles. The molecule has 2 aromatic heterocycles. The predicted molar refractivity (Wildman–Crippen MR) is 65.8 cm³/mol. The van der Waals surface area contributed by atoms with E-state index in [1.165, 1.54) is 25.7 Å². The molecular weight excluding hydrogens is 268 g/mol. The van der Waals surface area contributed by atoms with Gasteiger partial charge in [0.05, 0.1) is 5.52 Å². The van der Waals surface area contributed by atoms with E-state index in [4.69, 9.17) is 0 Å². The number of fused-ring (bicyclic) bond motifs is 1. The first-order valence-corrected chi connectivity index (χ1v) is 6.42. The number of hydrogen-bond acceptors (Lipinski definition) is 2. The number of rotatable bonds is 1. The summed E-state index contributed by atoms with van der Waals surface area (Å²) in [4.78, 5) is 4.55. The molecule has 1 fully saturated rings. The van der Waals surface area contributed by atoms with Crippen LogP contribution in [0.1, 0.15) is 37.4 Å². The van der Waals surface area contributed by atoms with Crippen molar-refractivity contribution in [1.82, 2.24) is 9.38 Å². The fourth-order valence-corrected chi connectivity index (χ4v) is 3.06. The second kappa shape index (κ2) is 3.77. The molecule has 0 atom stereocenters. The second-order valence-corrected chi connectivity index (χ2v) is 5.10. The van der Waals surface area contributed by atoms with Crippen LogP contribution in [0.4, 0.5) is 0 Å². The lowest BCUT2D eigenvalue weighted by Gasteiger charge is -2.08. The minimum absolute atomic E-state index is 0.276. The Balaban J connectivity index is 2.24. The molecule has 0 radical (unpaired) electrons. The summed E-state index contributed by atoms with van der Waals surface area (Å²) < 4.78 is 2.69. The van der Waals surface area contributed by atoms with Crippen molar-refractivity contribution in [2.75, 3.05) is 0 Å². The van der Waals surface area contributed by atoms with E-state index in [-0.39, 0.29) is 5.88 Å². The van der Waals surface area contributed by atoms with E-state index in [1.54, 1.807) is 6.07 Å². The molecule has 3 nitrogen and oxygen atoms in total. The molecule has 1 N–H and O–H groups in total. The molecule has 4 heteroatoms. The standard InChI is InChI=1S/C12H13BrN2O/c13-11-9-6-3-7-10(16)15(9)12(14-11)8-4-1-2-5-8/h3,6-8,16H,1-2,4-5H2. The van der Waals surface area contributed by atoms with Gasteiger partial charge in [0.1, 0.15) is 10.4 Å². The van der Waals surface area contributed by atoms with Crippen molar-refractivity contribution in [3.8, 4) is 5.88 Å². The van der Waals surface area contributed by atoms with E-state index in [0.717, 1.165) is 15.9 Å². The highest BCUT2D eigenvalue weighted by Crippen LogP contribution is 2.36. The number of pyridine rings is 1. The largest absolute Gasteiger partial charge is 0.494 e. The van der Waals surface area contributed by atoms with Crippen LogP contribution >= 0.6 is 15.9 Å². The van der Waals surface area contributed by atoms with Gasteiger partial charge in [-0.3, -0.25) is 4.40 Å². The molecule has 0 aromatic carbocycles. The third-order valence-electron chi connectivity index (χ3n) is 3.34. The van der Waals surface area contributed by atoms with E-state index < -0.39 is 0 Å². The summed E-state index contributed by atoms with van der Waals surface area (Å²) >= 11 is 3.46. The fourth-order valence-electron chi connectivity index (χ4n) is 2.57. The molecular formula is C12H13BrN2O. The fraction of sp³-hybridized carbons (Fsp3) is 0.417. The molecule has 2 heterocycles. The zero-order chi connectivity index (χ0) is 11.1. The Labute approximate surface area is 102 Å². The average molecular weight is 281 g/mol. The Bertz CT molecular complexity index is 529. The maximum atomic E-state index is 9.93. The van der Waals surface area contributed by atoms with E-state index in [9.17, 15) is 5.11 Å². The topological polar surface area (TPSA) is 37.5 Å². The van der Waals surface area contributed by atoms with Crippen LogP contribution in [0.25, 0.3) is 5.52 Å². The normalized spacial score (nSPS) is 17.3. The summed E-state index contributed by atoms with van der Waals surface area (Å²) in [6.45, 7) is 0. The number of aromatic hydroxyl groups is 1. The molecule has 1 aliphatic rings. The van der Waals surface area contributed by atoms with Crippen molar-refractivity contribution in [1.29, 1.82) is 0 Å².